The zero-order valence-electron chi connectivity index (χ0n) is 26.9. The zero-order valence-corrected chi connectivity index (χ0v) is 26.9. The Labute approximate surface area is 280 Å². The largest absolute Gasteiger partial charge is 0.245 e. The Kier molecular flexibility index (Phi) is 6.62. The second kappa shape index (κ2) is 11.3. The summed E-state index contributed by atoms with van der Waals surface area (Å²) in [5, 5.41) is 7.02. The quantitative estimate of drug-likeness (QED) is 0.189. The summed E-state index contributed by atoms with van der Waals surface area (Å²) in [7, 11) is 0. The third-order valence-corrected chi connectivity index (χ3v) is 9.59. The Hall–Kier alpha value is -6.12. The number of aliphatic imine (C=N–C) groups is 2. The van der Waals surface area contributed by atoms with Crippen LogP contribution in [0.3, 0.4) is 0 Å². The number of benzene rings is 8. The van der Waals surface area contributed by atoms with E-state index in [1.165, 1.54) is 54.9 Å². The zero-order chi connectivity index (χ0) is 32.2. The first-order chi connectivity index (χ1) is 23.6. The van der Waals surface area contributed by atoms with E-state index in [9.17, 15) is 0 Å². The highest BCUT2D eigenvalue weighted by molar-refractivity contribution is 6.61. The average Bonchev–Trinajstić information content (AvgIpc) is 3.41. The summed E-state index contributed by atoms with van der Waals surface area (Å²) in [6.07, 6.45) is 0. The Morgan fingerprint density at radius 2 is 0.646 bits per heavy atom. The van der Waals surface area contributed by atoms with Crippen molar-refractivity contribution in [3.05, 3.63) is 180 Å². The van der Waals surface area contributed by atoms with Crippen LogP contribution in [0.2, 0.25) is 0 Å². The monoisotopic (exact) mass is 612 g/mol. The lowest BCUT2D eigenvalue weighted by atomic mass is 9.96. The van der Waals surface area contributed by atoms with Gasteiger partial charge in [-0.1, -0.05) is 157 Å². The lowest BCUT2D eigenvalue weighted by Gasteiger charge is -2.13. The fourth-order valence-electron chi connectivity index (χ4n) is 7.23. The fraction of sp³-hybridized carbons (Fsp3) is 0.0435. The molecule has 0 saturated carbocycles. The Morgan fingerprint density at radius 1 is 0.312 bits per heavy atom. The smallest absolute Gasteiger partial charge is 0.0979 e. The van der Waals surface area contributed by atoms with Crippen LogP contribution < -0.4 is 0 Å². The molecular weight excluding hydrogens is 581 g/mol. The van der Waals surface area contributed by atoms with Gasteiger partial charge in [-0.15, -0.1) is 0 Å². The second-order valence-corrected chi connectivity index (χ2v) is 12.7. The number of hydrogen-bond acceptors (Lipinski definition) is 2. The molecule has 226 valence electrons. The van der Waals surface area contributed by atoms with E-state index in [0.29, 0.717) is 0 Å². The molecule has 0 radical (unpaired) electrons. The molecule has 0 amide bonds. The summed E-state index contributed by atoms with van der Waals surface area (Å²) >= 11 is 0. The van der Waals surface area contributed by atoms with Crippen molar-refractivity contribution in [3.8, 4) is 22.3 Å². The van der Waals surface area contributed by atoms with Crippen LogP contribution in [-0.4, -0.2) is 11.4 Å². The molecule has 1 aliphatic carbocycles. The van der Waals surface area contributed by atoms with Crippen molar-refractivity contribution >= 4 is 55.1 Å². The first-order valence-electron chi connectivity index (χ1n) is 16.5. The molecule has 2 heteroatoms. The highest BCUT2D eigenvalue weighted by Crippen LogP contribution is 2.41. The number of hydrogen-bond donors (Lipinski definition) is 0. The molecule has 0 aromatic heterocycles. The van der Waals surface area contributed by atoms with Crippen LogP contribution in [-0.2, 0) is 0 Å². The molecule has 48 heavy (non-hydrogen) atoms. The van der Waals surface area contributed by atoms with Gasteiger partial charge in [-0.25, -0.2) is 9.98 Å². The minimum absolute atomic E-state index is 0.901. The molecule has 0 saturated heterocycles. The van der Waals surface area contributed by atoms with Crippen LogP contribution in [0.25, 0.3) is 54.6 Å². The van der Waals surface area contributed by atoms with Crippen LogP contribution in [0.15, 0.2) is 168 Å². The van der Waals surface area contributed by atoms with Crippen LogP contribution in [0, 0.1) is 13.8 Å². The summed E-state index contributed by atoms with van der Waals surface area (Å²) in [4.78, 5) is 11.1. The van der Waals surface area contributed by atoms with Gasteiger partial charge in [-0.05, 0) is 64.4 Å². The fourth-order valence-corrected chi connectivity index (χ4v) is 7.23. The number of rotatable bonds is 4. The molecule has 1 aliphatic rings. The van der Waals surface area contributed by atoms with Crippen molar-refractivity contribution < 1.29 is 0 Å². The van der Waals surface area contributed by atoms with Crippen molar-refractivity contribution in [2.45, 2.75) is 13.8 Å². The molecule has 2 nitrogen and oxygen atoms in total. The van der Waals surface area contributed by atoms with Crippen molar-refractivity contribution in [1.29, 1.82) is 0 Å². The minimum atomic E-state index is 0.901. The molecule has 8 aromatic carbocycles. The second-order valence-electron chi connectivity index (χ2n) is 12.7. The Morgan fingerprint density at radius 3 is 1.04 bits per heavy atom. The van der Waals surface area contributed by atoms with E-state index in [2.05, 4.69) is 172 Å². The molecule has 0 spiro atoms. The highest BCUT2D eigenvalue weighted by Gasteiger charge is 2.28. The van der Waals surface area contributed by atoms with Gasteiger partial charge in [-0.2, -0.15) is 0 Å². The lowest BCUT2D eigenvalue weighted by molar-refractivity contribution is 1.47. The molecule has 0 heterocycles. The van der Waals surface area contributed by atoms with E-state index >= 15 is 0 Å². The van der Waals surface area contributed by atoms with Gasteiger partial charge < -0.3 is 0 Å². The van der Waals surface area contributed by atoms with Gasteiger partial charge >= 0.3 is 0 Å². The van der Waals surface area contributed by atoms with Crippen molar-refractivity contribution in [3.63, 3.8) is 0 Å². The first-order valence-corrected chi connectivity index (χ1v) is 16.5. The number of aryl methyl sites for hydroxylation is 2. The van der Waals surface area contributed by atoms with Crippen molar-refractivity contribution in [2.75, 3.05) is 0 Å². The number of nitrogens with zero attached hydrogens (tertiary/aromatic N) is 2. The number of fused-ring (bicyclic) bond motifs is 2. The predicted octanol–water partition coefficient (Wildman–Crippen LogP) is 12.4. The average molecular weight is 613 g/mol. The molecule has 0 N–H and O–H groups in total. The van der Waals surface area contributed by atoms with Crippen LogP contribution in [0.4, 0.5) is 11.4 Å². The van der Waals surface area contributed by atoms with Gasteiger partial charge in [-0.3, -0.25) is 0 Å². The predicted molar refractivity (Wildman–Crippen MR) is 205 cm³/mol. The highest BCUT2D eigenvalue weighted by atomic mass is 14.8. The maximum absolute atomic E-state index is 5.56. The molecule has 8 aromatic rings. The van der Waals surface area contributed by atoms with Gasteiger partial charge in [0.05, 0.1) is 22.8 Å². The summed E-state index contributed by atoms with van der Waals surface area (Å²) in [5.74, 6) is 0. The van der Waals surface area contributed by atoms with Gasteiger partial charge in [0.25, 0.3) is 0 Å². The van der Waals surface area contributed by atoms with E-state index < -0.39 is 0 Å². The maximum Gasteiger partial charge on any atom is 0.0979 e. The lowest BCUT2D eigenvalue weighted by Crippen LogP contribution is -2.10. The standard InChI is InChI=1S/C46H32N2/c1-29-21-25-31(26-22-29)36-15-3-11-34-13-7-19-40(43(34)36)47-45-38-17-5-9-33-10-6-18-39(42(33)38)46(45)48-41-20-8-14-35-12-4-16-37(44(35)41)32-27-23-30(2)24-28-32/h3-28H,1-2H3. The van der Waals surface area contributed by atoms with Gasteiger partial charge in [0.15, 0.2) is 0 Å². The Bertz CT molecular complexity index is 2420. The molecule has 0 fully saturated rings. The molecule has 0 atom stereocenters. The summed E-state index contributed by atoms with van der Waals surface area (Å²) in [6.45, 7) is 4.26. The van der Waals surface area contributed by atoms with Gasteiger partial charge in [0.2, 0.25) is 0 Å². The normalized spacial score (nSPS) is 14.1. The molecule has 0 unspecified atom stereocenters. The third kappa shape index (κ3) is 4.65. The van der Waals surface area contributed by atoms with Crippen molar-refractivity contribution in [1.82, 2.24) is 0 Å². The van der Waals surface area contributed by atoms with Crippen LogP contribution >= 0.6 is 0 Å². The summed E-state index contributed by atoms with van der Waals surface area (Å²) < 4.78 is 0. The van der Waals surface area contributed by atoms with E-state index in [-0.39, 0.29) is 0 Å². The van der Waals surface area contributed by atoms with E-state index in [0.717, 1.165) is 44.7 Å². The topological polar surface area (TPSA) is 24.7 Å². The molecule has 0 bridgehead atoms. The van der Waals surface area contributed by atoms with Crippen molar-refractivity contribution in [2.24, 2.45) is 9.98 Å². The van der Waals surface area contributed by atoms with E-state index in [1.54, 1.807) is 0 Å². The molecular formula is C46H32N2. The SMILES string of the molecule is Cc1ccc(-c2cccc3cccc(N=C4C(=Nc5cccc6cccc(-c7ccc(C)cc7)c56)c5cccc6cccc4c56)c23)cc1. The van der Waals surface area contributed by atoms with Crippen LogP contribution in [0.1, 0.15) is 22.3 Å². The maximum atomic E-state index is 5.56. The van der Waals surface area contributed by atoms with Crippen LogP contribution in [0.5, 0.6) is 0 Å². The van der Waals surface area contributed by atoms with Gasteiger partial charge in [0.1, 0.15) is 0 Å². The summed E-state index contributed by atoms with van der Waals surface area (Å²) in [5.41, 5.74) is 13.1. The minimum Gasteiger partial charge on any atom is -0.245 e. The first kappa shape index (κ1) is 28.1. The van der Waals surface area contributed by atoms with Gasteiger partial charge in [0, 0.05) is 27.3 Å². The van der Waals surface area contributed by atoms with E-state index in [4.69, 9.17) is 9.98 Å². The Balaban J connectivity index is 1.32. The molecule has 0 aliphatic heterocycles. The van der Waals surface area contributed by atoms with E-state index in [1.807, 2.05) is 0 Å². The summed E-state index contributed by atoms with van der Waals surface area (Å²) in [6, 6.07) is 56.5. The molecule has 9 rings (SSSR count). The third-order valence-electron chi connectivity index (χ3n) is 9.59.